The maximum Gasteiger partial charge on any atom is 0.271 e. The summed E-state index contributed by atoms with van der Waals surface area (Å²) in [7, 11) is 0. The van der Waals surface area contributed by atoms with Crippen LogP contribution in [0.2, 0.25) is 0 Å². The second-order valence-electron chi connectivity index (χ2n) is 4.47. The molecule has 2 N–H and O–H groups in total. The molecule has 110 valence electrons. The van der Waals surface area contributed by atoms with Crippen molar-refractivity contribution in [2.24, 2.45) is 0 Å². The molecule has 0 radical (unpaired) electrons. The van der Waals surface area contributed by atoms with Crippen molar-refractivity contribution >= 4 is 17.3 Å². The highest BCUT2D eigenvalue weighted by molar-refractivity contribution is 5.81. The number of hydrogen-bond donors (Lipinski definition) is 2. The topological polar surface area (TPSA) is 97.4 Å². The SMILES string of the molecule is CC(NC(=O)CNc1cccc([N+](=O)[O-])c1)c1ccco1. The molecule has 1 atom stereocenters. The van der Waals surface area contributed by atoms with E-state index in [4.69, 9.17) is 4.42 Å². The number of anilines is 1. The first kappa shape index (κ1) is 14.6. The van der Waals surface area contributed by atoms with Crippen LogP contribution in [0.5, 0.6) is 0 Å². The van der Waals surface area contributed by atoms with Gasteiger partial charge in [-0.3, -0.25) is 14.9 Å². The van der Waals surface area contributed by atoms with Gasteiger partial charge in [0.25, 0.3) is 5.69 Å². The summed E-state index contributed by atoms with van der Waals surface area (Å²) in [5, 5.41) is 16.3. The lowest BCUT2D eigenvalue weighted by Crippen LogP contribution is -2.31. The van der Waals surface area contributed by atoms with Crippen LogP contribution in [0, 0.1) is 10.1 Å². The van der Waals surface area contributed by atoms with Gasteiger partial charge in [-0.2, -0.15) is 0 Å². The lowest BCUT2D eigenvalue weighted by atomic mass is 10.2. The fourth-order valence-electron chi connectivity index (χ4n) is 1.81. The Kier molecular flexibility index (Phi) is 4.55. The Morgan fingerprint density at radius 1 is 1.38 bits per heavy atom. The molecule has 2 rings (SSSR count). The predicted octanol–water partition coefficient (Wildman–Crippen LogP) is 2.48. The van der Waals surface area contributed by atoms with E-state index >= 15 is 0 Å². The number of nitrogens with zero attached hydrogens (tertiary/aromatic N) is 1. The number of carbonyl (C=O) groups is 1. The van der Waals surface area contributed by atoms with E-state index < -0.39 is 4.92 Å². The largest absolute Gasteiger partial charge is 0.467 e. The summed E-state index contributed by atoms with van der Waals surface area (Å²) in [4.78, 5) is 22.0. The van der Waals surface area contributed by atoms with Crippen LogP contribution in [-0.2, 0) is 4.79 Å². The Hall–Kier alpha value is -2.83. The van der Waals surface area contributed by atoms with Gasteiger partial charge in [-0.25, -0.2) is 0 Å². The Morgan fingerprint density at radius 2 is 2.19 bits per heavy atom. The lowest BCUT2D eigenvalue weighted by Gasteiger charge is -2.12. The lowest BCUT2D eigenvalue weighted by molar-refractivity contribution is -0.384. The first-order valence-corrected chi connectivity index (χ1v) is 6.37. The van der Waals surface area contributed by atoms with Gasteiger partial charge in [-0.1, -0.05) is 6.07 Å². The number of nitro groups is 1. The Balaban J connectivity index is 1.86. The summed E-state index contributed by atoms with van der Waals surface area (Å²) < 4.78 is 5.19. The summed E-state index contributed by atoms with van der Waals surface area (Å²) in [5.41, 5.74) is 0.495. The van der Waals surface area contributed by atoms with Crippen molar-refractivity contribution in [3.63, 3.8) is 0 Å². The standard InChI is InChI=1S/C14H15N3O4/c1-10(13-6-3-7-21-13)16-14(18)9-15-11-4-2-5-12(8-11)17(19)20/h2-8,10,15H,9H2,1H3,(H,16,18). The van der Waals surface area contributed by atoms with Crippen LogP contribution in [0.3, 0.4) is 0 Å². The van der Waals surface area contributed by atoms with Gasteiger partial charge in [-0.15, -0.1) is 0 Å². The molecular weight excluding hydrogens is 274 g/mol. The quantitative estimate of drug-likeness (QED) is 0.629. The minimum Gasteiger partial charge on any atom is -0.467 e. The molecule has 2 aromatic rings. The molecule has 1 aromatic heterocycles. The molecule has 21 heavy (non-hydrogen) atoms. The summed E-state index contributed by atoms with van der Waals surface area (Å²) >= 11 is 0. The Bertz CT molecular complexity index is 625. The van der Waals surface area contributed by atoms with Crippen LogP contribution >= 0.6 is 0 Å². The number of rotatable bonds is 6. The molecule has 1 aromatic carbocycles. The third-order valence-electron chi connectivity index (χ3n) is 2.86. The van der Waals surface area contributed by atoms with Gasteiger partial charge in [-0.05, 0) is 25.1 Å². The van der Waals surface area contributed by atoms with Crippen molar-refractivity contribution in [2.75, 3.05) is 11.9 Å². The minimum absolute atomic E-state index is 0.0201. The smallest absolute Gasteiger partial charge is 0.271 e. The number of nitro benzene ring substituents is 1. The predicted molar refractivity (Wildman–Crippen MR) is 76.9 cm³/mol. The number of benzene rings is 1. The number of amides is 1. The Morgan fingerprint density at radius 3 is 2.86 bits per heavy atom. The average Bonchev–Trinajstić information content (AvgIpc) is 2.99. The fourth-order valence-corrected chi connectivity index (χ4v) is 1.81. The third-order valence-corrected chi connectivity index (χ3v) is 2.86. The molecule has 7 nitrogen and oxygen atoms in total. The summed E-state index contributed by atoms with van der Waals surface area (Å²) in [6, 6.07) is 9.28. The van der Waals surface area contributed by atoms with E-state index in [0.29, 0.717) is 11.4 Å². The zero-order valence-electron chi connectivity index (χ0n) is 11.4. The second kappa shape index (κ2) is 6.56. The van der Waals surface area contributed by atoms with E-state index in [1.807, 2.05) is 6.92 Å². The van der Waals surface area contributed by atoms with Crippen molar-refractivity contribution < 1.29 is 14.1 Å². The fraction of sp³-hybridized carbons (Fsp3) is 0.214. The van der Waals surface area contributed by atoms with Crippen LogP contribution in [0.25, 0.3) is 0 Å². The molecule has 1 amide bonds. The van der Waals surface area contributed by atoms with Crippen LogP contribution < -0.4 is 10.6 Å². The van der Waals surface area contributed by atoms with E-state index in [1.54, 1.807) is 30.5 Å². The number of carbonyl (C=O) groups excluding carboxylic acids is 1. The van der Waals surface area contributed by atoms with Crippen molar-refractivity contribution in [1.82, 2.24) is 5.32 Å². The zero-order chi connectivity index (χ0) is 15.2. The highest BCUT2D eigenvalue weighted by atomic mass is 16.6. The van der Waals surface area contributed by atoms with E-state index in [2.05, 4.69) is 10.6 Å². The van der Waals surface area contributed by atoms with E-state index in [-0.39, 0.29) is 24.2 Å². The van der Waals surface area contributed by atoms with Crippen LogP contribution in [0.4, 0.5) is 11.4 Å². The van der Waals surface area contributed by atoms with Gasteiger partial charge in [0.05, 0.1) is 23.8 Å². The molecule has 0 spiro atoms. The van der Waals surface area contributed by atoms with Crippen molar-refractivity contribution in [2.45, 2.75) is 13.0 Å². The van der Waals surface area contributed by atoms with Crippen molar-refractivity contribution in [3.8, 4) is 0 Å². The van der Waals surface area contributed by atoms with Gasteiger partial charge in [0, 0.05) is 17.8 Å². The maximum atomic E-state index is 11.8. The highest BCUT2D eigenvalue weighted by Gasteiger charge is 2.12. The van der Waals surface area contributed by atoms with E-state index in [1.165, 1.54) is 12.1 Å². The molecule has 7 heteroatoms. The molecule has 0 bridgehead atoms. The first-order valence-electron chi connectivity index (χ1n) is 6.37. The van der Waals surface area contributed by atoms with Gasteiger partial charge in [0.1, 0.15) is 5.76 Å². The third kappa shape index (κ3) is 4.07. The van der Waals surface area contributed by atoms with Crippen molar-refractivity contribution in [1.29, 1.82) is 0 Å². The van der Waals surface area contributed by atoms with Gasteiger partial charge in [0.2, 0.25) is 5.91 Å². The minimum atomic E-state index is -0.482. The number of hydrogen-bond acceptors (Lipinski definition) is 5. The van der Waals surface area contributed by atoms with Crippen LogP contribution in [0.1, 0.15) is 18.7 Å². The summed E-state index contributed by atoms with van der Waals surface area (Å²) in [6.07, 6.45) is 1.54. The number of furan rings is 1. The molecule has 0 aliphatic heterocycles. The molecule has 1 unspecified atom stereocenters. The summed E-state index contributed by atoms with van der Waals surface area (Å²) in [6.45, 7) is 1.83. The van der Waals surface area contributed by atoms with Gasteiger partial charge >= 0.3 is 0 Å². The monoisotopic (exact) mass is 289 g/mol. The molecule has 0 aliphatic rings. The van der Waals surface area contributed by atoms with Crippen LogP contribution in [0.15, 0.2) is 47.1 Å². The van der Waals surface area contributed by atoms with Gasteiger partial charge < -0.3 is 15.1 Å². The molecular formula is C14H15N3O4. The van der Waals surface area contributed by atoms with E-state index in [0.717, 1.165) is 0 Å². The van der Waals surface area contributed by atoms with Crippen LogP contribution in [-0.4, -0.2) is 17.4 Å². The number of non-ortho nitro benzene ring substituents is 1. The average molecular weight is 289 g/mol. The van der Waals surface area contributed by atoms with E-state index in [9.17, 15) is 14.9 Å². The zero-order valence-corrected chi connectivity index (χ0v) is 11.4. The van der Waals surface area contributed by atoms with Crippen molar-refractivity contribution in [3.05, 3.63) is 58.5 Å². The molecule has 0 fully saturated rings. The molecule has 0 aliphatic carbocycles. The second-order valence-corrected chi connectivity index (χ2v) is 4.47. The highest BCUT2D eigenvalue weighted by Crippen LogP contribution is 2.17. The molecule has 0 saturated carbocycles. The summed E-state index contributed by atoms with van der Waals surface area (Å²) in [5.74, 6) is 0.434. The normalized spacial score (nSPS) is 11.7. The first-order chi connectivity index (χ1) is 10.1. The molecule has 1 heterocycles. The Labute approximate surface area is 121 Å². The number of nitrogens with one attached hydrogen (secondary N) is 2. The maximum absolute atomic E-state index is 11.8. The molecule has 0 saturated heterocycles. The van der Waals surface area contributed by atoms with Gasteiger partial charge in [0.15, 0.2) is 0 Å².